The van der Waals surface area contributed by atoms with Crippen LogP contribution in [-0.4, -0.2) is 73.5 Å². The van der Waals surface area contributed by atoms with Crippen molar-refractivity contribution < 1.29 is 17.6 Å². The van der Waals surface area contributed by atoms with E-state index in [0.29, 0.717) is 23.4 Å². The number of carbonyl (C=O) groups is 1. The molecule has 1 fully saturated rings. The molecule has 35 heavy (non-hydrogen) atoms. The Morgan fingerprint density at radius 2 is 1.69 bits per heavy atom. The topological polar surface area (TPSA) is 102 Å². The van der Waals surface area contributed by atoms with Gasteiger partial charge in [0, 0.05) is 68.2 Å². The van der Waals surface area contributed by atoms with E-state index in [1.54, 1.807) is 12.1 Å². The Balaban J connectivity index is 1.29. The van der Waals surface area contributed by atoms with Gasteiger partial charge in [-0.15, -0.1) is 0 Å². The number of carbonyl (C=O) groups excluding carboxylic acids is 1. The van der Waals surface area contributed by atoms with Crippen molar-refractivity contribution in [2.45, 2.75) is 17.9 Å². The molecule has 3 heterocycles. The van der Waals surface area contributed by atoms with E-state index in [1.807, 2.05) is 12.1 Å². The lowest BCUT2D eigenvalue weighted by atomic mass is 10.1. The fourth-order valence-electron chi connectivity index (χ4n) is 4.40. The lowest BCUT2D eigenvalue weighted by Crippen LogP contribution is -2.44. The highest BCUT2D eigenvalue weighted by Crippen LogP contribution is 2.28. The molecule has 11 heteroatoms. The quantitative estimate of drug-likeness (QED) is 0.560. The van der Waals surface area contributed by atoms with Gasteiger partial charge in [0.2, 0.25) is 10.0 Å². The minimum atomic E-state index is -3.81. The largest absolute Gasteiger partial charge is 0.369 e. The first-order chi connectivity index (χ1) is 16.8. The monoisotopic (exact) mass is 498 g/mol. The van der Waals surface area contributed by atoms with Gasteiger partial charge in [0.15, 0.2) is 5.82 Å². The van der Waals surface area contributed by atoms with Crippen LogP contribution in [0.2, 0.25) is 0 Å². The van der Waals surface area contributed by atoms with Crippen molar-refractivity contribution in [1.29, 1.82) is 0 Å². The molecule has 0 bridgehead atoms. The Kier molecular flexibility index (Phi) is 6.30. The zero-order valence-electron chi connectivity index (χ0n) is 19.4. The van der Waals surface area contributed by atoms with Crippen molar-refractivity contribution in [2.75, 3.05) is 50.0 Å². The van der Waals surface area contributed by atoms with Gasteiger partial charge in [-0.25, -0.2) is 12.8 Å². The van der Waals surface area contributed by atoms with E-state index in [1.165, 1.54) is 16.4 Å². The molecule has 2 aliphatic rings. The fraction of sp³-hybridized carbons (Fsp3) is 0.333. The number of hydrogen-bond acceptors (Lipinski definition) is 6. The van der Waals surface area contributed by atoms with E-state index < -0.39 is 15.8 Å². The smallest absolute Gasteiger partial charge is 0.256 e. The van der Waals surface area contributed by atoms with Gasteiger partial charge in [0.25, 0.3) is 5.91 Å². The lowest BCUT2D eigenvalue weighted by Gasteiger charge is -2.34. The number of piperazine rings is 1. The minimum Gasteiger partial charge on any atom is -0.369 e. The Morgan fingerprint density at radius 3 is 2.37 bits per heavy atom. The average molecular weight is 499 g/mol. The van der Waals surface area contributed by atoms with Crippen LogP contribution in [0.3, 0.4) is 0 Å². The average Bonchev–Trinajstić information content (AvgIpc) is 3.27. The van der Waals surface area contributed by atoms with Gasteiger partial charge in [0.05, 0.1) is 4.90 Å². The molecule has 0 spiro atoms. The molecule has 1 amide bonds. The Labute approximate surface area is 203 Å². The normalized spacial score (nSPS) is 17.3. The third kappa shape index (κ3) is 4.79. The Morgan fingerprint density at radius 1 is 1.00 bits per heavy atom. The van der Waals surface area contributed by atoms with Crippen LogP contribution in [0.15, 0.2) is 53.4 Å². The summed E-state index contributed by atoms with van der Waals surface area (Å²) in [6, 6.07) is 12.2. The van der Waals surface area contributed by atoms with Gasteiger partial charge < -0.3 is 15.1 Å². The second kappa shape index (κ2) is 9.40. The first kappa shape index (κ1) is 23.5. The maximum Gasteiger partial charge on any atom is 0.256 e. The van der Waals surface area contributed by atoms with Crippen molar-refractivity contribution in [3.63, 3.8) is 0 Å². The zero-order chi connectivity index (χ0) is 24.6. The number of sulfonamides is 1. The molecule has 1 saturated heterocycles. The van der Waals surface area contributed by atoms with E-state index in [0.717, 1.165) is 49.7 Å². The first-order valence-electron chi connectivity index (χ1n) is 11.5. The van der Waals surface area contributed by atoms with Gasteiger partial charge in [-0.3, -0.25) is 9.89 Å². The summed E-state index contributed by atoms with van der Waals surface area (Å²) >= 11 is 0. The number of halogens is 1. The maximum atomic E-state index is 13.3. The molecule has 2 N–H and O–H groups in total. The molecule has 0 unspecified atom stereocenters. The summed E-state index contributed by atoms with van der Waals surface area (Å²) in [4.78, 5) is 17.5. The van der Waals surface area contributed by atoms with E-state index in [2.05, 4.69) is 32.4 Å². The number of rotatable bonds is 5. The standard InChI is InChI=1S/C24H27FN6O3S/c1-29-12-14-30(15-13-29)19-6-2-17(3-7-19)24(32)26-23-21-16-31(11-10-22(21)27-28-23)35(33,34)20-8-4-18(25)5-9-20/h2-9H,10-16H2,1H3,(H2,26,27,28,32). The number of nitrogens with zero attached hydrogens (tertiary/aromatic N) is 4. The number of amides is 1. The van der Waals surface area contributed by atoms with Crippen LogP contribution in [0.5, 0.6) is 0 Å². The molecule has 2 aliphatic heterocycles. The molecule has 0 saturated carbocycles. The van der Waals surface area contributed by atoms with Gasteiger partial charge in [-0.05, 0) is 55.6 Å². The number of aromatic amines is 1. The van der Waals surface area contributed by atoms with Crippen molar-refractivity contribution in [1.82, 2.24) is 19.4 Å². The SMILES string of the molecule is CN1CCN(c2ccc(C(=O)Nc3n[nH]c4c3CN(S(=O)(=O)c3ccc(F)cc3)CC4)cc2)CC1. The van der Waals surface area contributed by atoms with E-state index in [9.17, 15) is 17.6 Å². The Hall–Kier alpha value is -3.28. The van der Waals surface area contributed by atoms with Crippen LogP contribution in [0.4, 0.5) is 15.9 Å². The number of anilines is 2. The number of H-pyrrole nitrogens is 1. The Bertz CT molecular complexity index is 1320. The summed E-state index contributed by atoms with van der Waals surface area (Å²) < 4.78 is 40.7. The molecule has 0 radical (unpaired) electrons. The van der Waals surface area contributed by atoms with Crippen LogP contribution in [0, 0.1) is 5.82 Å². The van der Waals surface area contributed by atoms with E-state index in [-0.39, 0.29) is 23.9 Å². The second-order valence-corrected chi connectivity index (χ2v) is 10.8. The highest BCUT2D eigenvalue weighted by Gasteiger charge is 2.31. The minimum absolute atomic E-state index is 0.0249. The molecule has 0 atom stereocenters. The number of likely N-dealkylation sites (N-methyl/N-ethyl adjacent to an activating group) is 1. The molecular weight excluding hydrogens is 471 g/mol. The molecule has 184 valence electrons. The summed E-state index contributed by atoms with van der Waals surface area (Å²) in [6.07, 6.45) is 0.429. The summed E-state index contributed by atoms with van der Waals surface area (Å²) in [5, 5.41) is 9.95. The number of aromatic nitrogens is 2. The predicted molar refractivity (Wildman–Crippen MR) is 130 cm³/mol. The lowest BCUT2D eigenvalue weighted by molar-refractivity contribution is 0.102. The maximum absolute atomic E-state index is 13.3. The van der Waals surface area contributed by atoms with Gasteiger partial charge >= 0.3 is 0 Å². The first-order valence-corrected chi connectivity index (χ1v) is 12.9. The summed E-state index contributed by atoms with van der Waals surface area (Å²) in [5.41, 5.74) is 2.99. The summed E-state index contributed by atoms with van der Waals surface area (Å²) in [6.45, 7) is 4.21. The van der Waals surface area contributed by atoms with Crippen LogP contribution in [0.25, 0.3) is 0 Å². The third-order valence-electron chi connectivity index (χ3n) is 6.58. The highest BCUT2D eigenvalue weighted by atomic mass is 32.2. The summed E-state index contributed by atoms with van der Waals surface area (Å²) in [5.74, 6) is -0.504. The van der Waals surface area contributed by atoms with Crippen LogP contribution in [-0.2, 0) is 23.0 Å². The molecule has 3 aromatic rings. The van der Waals surface area contributed by atoms with Crippen molar-refractivity contribution in [3.05, 3.63) is 71.2 Å². The molecule has 2 aromatic carbocycles. The van der Waals surface area contributed by atoms with Crippen LogP contribution >= 0.6 is 0 Å². The molecule has 5 rings (SSSR count). The van der Waals surface area contributed by atoms with Gasteiger partial charge in [-0.2, -0.15) is 9.40 Å². The number of fused-ring (bicyclic) bond motifs is 1. The molecule has 1 aromatic heterocycles. The van der Waals surface area contributed by atoms with E-state index >= 15 is 0 Å². The van der Waals surface area contributed by atoms with Crippen LogP contribution < -0.4 is 10.2 Å². The van der Waals surface area contributed by atoms with Crippen LogP contribution in [0.1, 0.15) is 21.6 Å². The third-order valence-corrected chi connectivity index (χ3v) is 8.44. The number of hydrogen-bond donors (Lipinski definition) is 2. The van der Waals surface area contributed by atoms with Crippen molar-refractivity contribution in [2.24, 2.45) is 0 Å². The van der Waals surface area contributed by atoms with Crippen molar-refractivity contribution >= 4 is 27.4 Å². The fourth-order valence-corrected chi connectivity index (χ4v) is 5.81. The van der Waals surface area contributed by atoms with Gasteiger partial charge in [0.1, 0.15) is 5.82 Å². The molecular formula is C24H27FN6O3S. The zero-order valence-corrected chi connectivity index (χ0v) is 20.2. The summed E-state index contributed by atoms with van der Waals surface area (Å²) in [7, 11) is -1.70. The number of nitrogens with one attached hydrogen (secondary N) is 2. The number of benzene rings is 2. The van der Waals surface area contributed by atoms with Gasteiger partial charge in [-0.1, -0.05) is 0 Å². The predicted octanol–water partition coefficient (Wildman–Crippen LogP) is 2.30. The van der Waals surface area contributed by atoms with Crippen molar-refractivity contribution in [3.8, 4) is 0 Å². The highest BCUT2D eigenvalue weighted by molar-refractivity contribution is 7.89. The van der Waals surface area contributed by atoms with E-state index in [4.69, 9.17) is 0 Å². The molecule has 0 aliphatic carbocycles. The second-order valence-electron chi connectivity index (χ2n) is 8.86. The molecule has 9 nitrogen and oxygen atoms in total.